The Morgan fingerprint density at radius 3 is 2.73 bits per heavy atom. The zero-order valence-corrected chi connectivity index (χ0v) is 12.2. The zero-order valence-electron chi connectivity index (χ0n) is 12.2. The predicted octanol–water partition coefficient (Wildman–Crippen LogP) is 2.10. The maximum Gasteiger partial charge on any atom is 0.231 e. The quantitative estimate of drug-likeness (QED) is 0.887. The van der Waals surface area contributed by atoms with Crippen molar-refractivity contribution in [1.29, 1.82) is 0 Å². The first kappa shape index (κ1) is 14.4. The van der Waals surface area contributed by atoms with Crippen LogP contribution >= 0.6 is 0 Å². The van der Waals surface area contributed by atoms with Crippen molar-refractivity contribution in [3.8, 4) is 11.5 Å². The maximum absolute atomic E-state index is 11.8. The van der Waals surface area contributed by atoms with Crippen LogP contribution in [-0.4, -0.2) is 24.2 Å². The molecule has 1 N–H and O–H groups in total. The van der Waals surface area contributed by atoms with Gasteiger partial charge in [0.15, 0.2) is 11.5 Å². The van der Waals surface area contributed by atoms with E-state index in [0.717, 1.165) is 35.5 Å². The number of nitrogens with zero attached hydrogens (tertiary/aromatic N) is 1. The Kier molecular flexibility index (Phi) is 4.53. The first-order valence-electron chi connectivity index (χ1n) is 7.35. The molecule has 114 valence electrons. The number of benzene rings is 1. The lowest BCUT2D eigenvalue weighted by Crippen LogP contribution is -2.25. The van der Waals surface area contributed by atoms with Crippen LogP contribution in [0.3, 0.4) is 0 Å². The third-order valence-corrected chi connectivity index (χ3v) is 3.56. The summed E-state index contributed by atoms with van der Waals surface area (Å²) in [6.07, 6.45) is 5.49. The van der Waals surface area contributed by atoms with Gasteiger partial charge in [-0.2, -0.15) is 0 Å². The molecule has 0 radical (unpaired) electrons. The number of nitrogens with one attached hydrogen (secondary N) is 1. The summed E-state index contributed by atoms with van der Waals surface area (Å²) in [5.74, 6) is 1.63. The Bertz CT molecular complexity index is 644. The van der Waals surface area contributed by atoms with E-state index in [9.17, 15) is 4.79 Å². The van der Waals surface area contributed by atoms with Crippen LogP contribution in [0.15, 0.2) is 42.7 Å². The number of carbonyl (C=O) groups is 1. The molecule has 0 atom stereocenters. The smallest absolute Gasteiger partial charge is 0.231 e. The lowest BCUT2D eigenvalue weighted by molar-refractivity contribution is -0.121. The molecule has 2 heterocycles. The van der Waals surface area contributed by atoms with Gasteiger partial charge < -0.3 is 14.8 Å². The van der Waals surface area contributed by atoms with Crippen molar-refractivity contribution in [2.24, 2.45) is 0 Å². The molecule has 1 aromatic heterocycles. The summed E-state index contributed by atoms with van der Waals surface area (Å²) >= 11 is 0. The third-order valence-electron chi connectivity index (χ3n) is 3.56. The number of rotatable bonds is 6. The highest BCUT2D eigenvalue weighted by Gasteiger charge is 2.13. The van der Waals surface area contributed by atoms with Crippen LogP contribution < -0.4 is 14.8 Å². The number of aryl methyl sites for hydroxylation is 1. The van der Waals surface area contributed by atoms with Crippen molar-refractivity contribution in [3.05, 3.63) is 53.9 Å². The van der Waals surface area contributed by atoms with Crippen LogP contribution in [0, 0.1) is 0 Å². The van der Waals surface area contributed by atoms with E-state index in [2.05, 4.69) is 10.3 Å². The number of aromatic nitrogens is 1. The summed E-state index contributed by atoms with van der Waals surface area (Å²) in [4.78, 5) is 15.8. The van der Waals surface area contributed by atoms with Gasteiger partial charge >= 0.3 is 0 Å². The van der Waals surface area contributed by atoms with Crippen molar-refractivity contribution >= 4 is 5.91 Å². The molecular weight excluding hydrogens is 280 g/mol. The van der Waals surface area contributed by atoms with Gasteiger partial charge in [-0.3, -0.25) is 9.78 Å². The van der Waals surface area contributed by atoms with Crippen LogP contribution in [-0.2, 0) is 17.6 Å². The summed E-state index contributed by atoms with van der Waals surface area (Å²) < 4.78 is 10.6. The number of hydrogen-bond acceptors (Lipinski definition) is 4. The van der Waals surface area contributed by atoms with Gasteiger partial charge in [0.25, 0.3) is 0 Å². The minimum atomic E-state index is 0.0672. The van der Waals surface area contributed by atoms with E-state index in [-0.39, 0.29) is 12.7 Å². The molecule has 5 heteroatoms. The van der Waals surface area contributed by atoms with Crippen molar-refractivity contribution < 1.29 is 14.3 Å². The van der Waals surface area contributed by atoms with Gasteiger partial charge in [-0.05, 0) is 48.2 Å². The molecule has 2 aromatic rings. The number of ether oxygens (including phenoxy) is 2. The SMILES string of the molecule is O=C(CCc1ccncc1)NCCc1ccc2c(c1)OCO2. The molecule has 3 rings (SSSR count). The van der Waals surface area contributed by atoms with Gasteiger partial charge in [-0.1, -0.05) is 6.07 Å². The summed E-state index contributed by atoms with van der Waals surface area (Å²) in [7, 11) is 0. The molecular formula is C17H18N2O3. The largest absolute Gasteiger partial charge is 0.454 e. The molecule has 0 aliphatic carbocycles. The Morgan fingerprint density at radius 2 is 1.86 bits per heavy atom. The van der Waals surface area contributed by atoms with Gasteiger partial charge in [0.1, 0.15) is 0 Å². The minimum Gasteiger partial charge on any atom is -0.454 e. The van der Waals surface area contributed by atoms with Gasteiger partial charge in [-0.25, -0.2) is 0 Å². The van der Waals surface area contributed by atoms with Crippen LogP contribution in [0.5, 0.6) is 11.5 Å². The molecule has 1 aliphatic rings. The molecule has 22 heavy (non-hydrogen) atoms. The van der Waals surface area contributed by atoms with E-state index in [1.807, 2.05) is 30.3 Å². The normalized spacial score (nSPS) is 12.2. The van der Waals surface area contributed by atoms with Gasteiger partial charge in [0, 0.05) is 25.4 Å². The fourth-order valence-electron chi connectivity index (χ4n) is 2.34. The molecule has 0 spiro atoms. The number of carbonyl (C=O) groups excluding carboxylic acids is 1. The van der Waals surface area contributed by atoms with E-state index in [1.54, 1.807) is 12.4 Å². The Balaban J connectivity index is 1.40. The van der Waals surface area contributed by atoms with Gasteiger partial charge in [-0.15, -0.1) is 0 Å². The fraction of sp³-hybridized carbons (Fsp3) is 0.294. The average molecular weight is 298 g/mol. The summed E-state index contributed by atoms with van der Waals surface area (Å²) in [5, 5.41) is 2.94. The summed E-state index contributed by atoms with van der Waals surface area (Å²) in [5.41, 5.74) is 2.25. The van der Waals surface area contributed by atoms with Crippen molar-refractivity contribution in [1.82, 2.24) is 10.3 Å². The lowest BCUT2D eigenvalue weighted by atomic mass is 10.1. The molecule has 0 fully saturated rings. The van der Waals surface area contributed by atoms with E-state index < -0.39 is 0 Å². The second kappa shape index (κ2) is 6.93. The Labute approximate surface area is 129 Å². The molecule has 0 saturated carbocycles. The number of hydrogen-bond donors (Lipinski definition) is 1. The molecule has 0 unspecified atom stereocenters. The molecule has 5 nitrogen and oxygen atoms in total. The maximum atomic E-state index is 11.8. The summed E-state index contributed by atoms with van der Waals surface area (Å²) in [6.45, 7) is 0.902. The van der Waals surface area contributed by atoms with Crippen LogP contribution in [0.2, 0.25) is 0 Å². The zero-order chi connectivity index (χ0) is 15.2. The van der Waals surface area contributed by atoms with Crippen LogP contribution in [0.1, 0.15) is 17.5 Å². The topological polar surface area (TPSA) is 60.5 Å². The predicted molar refractivity (Wildman–Crippen MR) is 81.8 cm³/mol. The third kappa shape index (κ3) is 3.75. The molecule has 1 amide bonds. The van der Waals surface area contributed by atoms with Crippen molar-refractivity contribution in [2.45, 2.75) is 19.3 Å². The highest BCUT2D eigenvalue weighted by molar-refractivity contribution is 5.76. The second-order valence-electron chi connectivity index (χ2n) is 5.14. The lowest BCUT2D eigenvalue weighted by Gasteiger charge is -2.06. The Morgan fingerprint density at radius 1 is 1.05 bits per heavy atom. The molecule has 1 aliphatic heterocycles. The van der Waals surface area contributed by atoms with E-state index >= 15 is 0 Å². The molecule has 0 saturated heterocycles. The number of pyridine rings is 1. The van der Waals surface area contributed by atoms with E-state index in [4.69, 9.17) is 9.47 Å². The van der Waals surface area contributed by atoms with Crippen molar-refractivity contribution in [3.63, 3.8) is 0 Å². The van der Waals surface area contributed by atoms with E-state index in [0.29, 0.717) is 13.0 Å². The first-order chi connectivity index (χ1) is 10.8. The Hall–Kier alpha value is -2.56. The second-order valence-corrected chi connectivity index (χ2v) is 5.14. The van der Waals surface area contributed by atoms with Crippen LogP contribution in [0.25, 0.3) is 0 Å². The summed E-state index contributed by atoms with van der Waals surface area (Å²) in [6, 6.07) is 9.73. The van der Waals surface area contributed by atoms with E-state index in [1.165, 1.54) is 0 Å². The standard InChI is InChI=1S/C17H18N2O3/c20-17(4-2-13-5-8-18-9-6-13)19-10-7-14-1-3-15-16(11-14)22-12-21-15/h1,3,5-6,8-9,11H,2,4,7,10,12H2,(H,19,20). The highest BCUT2D eigenvalue weighted by atomic mass is 16.7. The number of fused-ring (bicyclic) bond motifs is 1. The fourth-order valence-corrected chi connectivity index (χ4v) is 2.34. The first-order valence-corrected chi connectivity index (χ1v) is 7.35. The average Bonchev–Trinajstić information content (AvgIpc) is 3.02. The van der Waals surface area contributed by atoms with Gasteiger partial charge in [0.05, 0.1) is 0 Å². The van der Waals surface area contributed by atoms with Gasteiger partial charge in [0.2, 0.25) is 12.7 Å². The number of amides is 1. The monoisotopic (exact) mass is 298 g/mol. The van der Waals surface area contributed by atoms with Crippen molar-refractivity contribution in [2.75, 3.05) is 13.3 Å². The molecule has 0 bridgehead atoms. The molecule has 1 aromatic carbocycles. The van der Waals surface area contributed by atoms with Crippen LogP contribution in [0.4, 0.5) is 0 Å². The minimum absolute atomic E-state index is 0.0672. The highest BCUT2D eigenvalue weighted by Crippen LogP contribution is 2.32.